The van der Waals surface area contributed by atoms with Crippen molar-refractivity contribution in [3.8, 4) is 0 Å². The van der Waals surface area contributed by atoms with Gasteiger partial charge in [-0.25, -0.2) is 0 Å². The Bertz CT molecular complexity index is 1030. The number of carbonyl (C=O) groups is 2. The van der Waals surface area contributed by atoms with Crippen LogP contribution in [0.25, 0.3) is 0 Å². The fraction of sp³-hybridized carbons (Fsp3) is 0.423. The van der Waals surface area contributed by atoms with Gasteiger partial charge in [0, 0.05) is 17.8 Å². The second kappa shape index (κ2) is 7.95. The number of nitrogens with zero attached hydrogens (tertiary/aromatic N) is 3. The highest BCUT2D eigenvalue weighted by Gasteiger charge is 2.48. The van der Waals surface area contributed by atoms with E-state index in [1.165, 1.54) is 5.56 Å². The lowest BCUT2D eigenvalue weighted by Crippen LogP contribution is -2.53. The zero-order valence-electron chi connectivity index (χ0n) is 18.1. The van der Waals surface area contributed by atoms with Gasteiger partial charge in [-0.3, -0.25) is 14.6 Å². The van der Waals surface area contributed by atoms with Crippen molar-refractivity contribution in [3.63, 3.8) is 0 Å². The molecule has 160 valence electrons. The Hall–Kier alpha value is -2.95. The summed E-state index contributed by atoms with van der Waals surface area (Å²) in [6.07, 6.45) is 6.84. The maximum absolute atomic E-state index is 13.6. The number of carbonyl (C=O) groups excluding carboxylic acids is 2. The maximum atomic E-state index is 13.6. The summed E-state index contributed by atoms with van der Waals surface area (Å²) in [5, 5.41) is 0. The van der Waals surface area contributed by atoms with Crippen LogP contribution < -0.4 is 4.90 Å². The molecule has 3 aliphatic rings. The summed E-state index contributed by atoms with van der Waals surface area (Å²) >= 11 is 0. The molecule has 1 saturated carbocycles. The number of benzene rings is 2. The molecule has 2 aliphatic heterocycles. The van der Waals surface area contributed by atoms with Gasteiger partial charge in [0.1, 0.15) is 17.9 Å². The number of para-hydroxylation sites is 1. The van der Waals surface area contributed by atoms with Crippen LogP contribution in [0.2, 0.25) is 0 Å². The average molecular weight is 416 g/mol. The summed E-state index contributed by atoms with van der Waals surface area (Å²) in [7, 11) is 0. The minimum atomic E-state index is -0.569. The van der Waals surface area contributed by atoms with E-state index in [2.05, 4.69) is 6.07 Å². The van der Waals surface area contributed by atoms with Crippen LogP contribution in [0.1, 0.15) is 55.2 Å². The monoisotopic (exact) mass is 415 g/mol. The molecular weight excluding hydrogens is 386 g/mol. The summed E-state index contributed by atoms with van der Waals surface area (Å²) in [5.74, 6) is -0.116. The molecule has 2 amide bonds. The number of amides is 2. The maximum Gasteiger partial charge on any atom is 0.275 e. The molecule has 0 N–H and O–H groups in total. The van der Waals surface area contributed by atoms with Gasteiger partial charge in [0.15, 0.2) is 0 Å². The Balaban J connectivity index is 1.45. The van der Waals surface area contributed by atoms with Gasteiger partial charge in [-0.2, -0.15) is 0 Å². The predicted octanol–water partition coefficient (Wildman–Crippen LogP) is 4.27. The third kappa shape index (κ3) is 3.56. The Morgan fingerprint density at radius 3 is 2.52 bits per heavy atom. The fourth-order valence-electron chi connectivity index (χ4n) is 5.26. The minimum Gasteiger partial charge on any atom is -0.311 e. The molecule has 1 fully saturated rings. The molecular formula is C26H29N3O2. The van der Waals surface area contributed by atoms with Gasteiger partial charge in [0.25, 0.3) is 5.91 Å². The van der Waals surface area contributed by atoms with E-state index in [0.29, 0.717) is 12.3 Å². The summed E-state index contributed by atoms with van der Waals surface area (Å²) in [4.78, 5) is 35.7. The third-order valence-electron chi connectivity index (χ3n) is 6.95. The van der Waals surface area contributed by atoms with E-state index in [1.807, 2.05) is 54.3 Å². The van der Waals surface area contributed by atoms with Gasteiger partial charge in [-0.05, 0) is 57.1 Å². The van der Waals surface area contributed by atoms with Crippen molar-refractivity contribution in [1.29, 1.82) is 0 Å². The largest absolute Gasteiger partial charge is 0.311 e. The molecule has 0 unspecified atom stereocenters. The van der Waals surface area contributed by atoms with Gasteiger partial charge in [-0.15, -0.1) is 0 Å². The van der Waals surface area contributed by atoms with Crippen molar-refractivity contribution in [2.24, 2.45) is 4.99 Å². The number of aryl methyl sites for hydroxylation is 2. The lowest BCUT2D eigenvalue weighted by Gasteiger charge is -2.40. The normalized spacial score (nSPS) is 20.0. The smallest absolute Gasteiger partial charge is 0.275 e. The highest BCUT2D eigenvalue weighted by atomic mass is 16.2. The molecule has 5 heteroatoms. The number of aliphatic imine (C=N–C) groups is 1. The zero-order chi connectivity index (χ0) is 21.4. The Labute approximate surface area is 183 Å². The summed E-state index contributed by atoms with van der Waals surface area (Å²) in [5.41, 5.74) is 4.13. The van der Waals surface area contributed by atoms with Crippen molar-refractivity contribution in [1.82, 2.24) is 4.90 Å². The first kappa shape index (κ1) is 20.0. The van der Waals surface area contributed by atoms with Gasteiger partial charge in [0.2, 0.25) is 5.91 Å². The Morgan fingerprint density at radius 2 is 1.74 bits per heavy atom. The number of anilines is 1. The molecule has 0 radical (unpaired) electrons. The predicted molar refractivity (Wildman–Crippen MR) is 122 cm³/mol. The lowest BCUT2D eigenvalue weighted by molar-refractivity contribution is -0.134. The van der Waals surface area contributed by atoms with Crippen LogP contribution in [0.5, 0.6) is 0 Å². The zero-order valence-corrected chi connectivity index (χ0v) is 18.1. The molecule has 2 aromatic carbocycles. The number of hydrogen-bond donors (Lipinski definition) is 0. The molecule has 31 heavy (non-hydrogen) atoms. The van der Waals surface area contributed by atoms with E-state index in [9.17, 15) is 9.59 Å². The third-order valence-corrected chi connectivity index (χ3v) is 6.95. The standard InChI is InChI=1S/C26H29N3O2/c1-19-11-13-21(14-12-19)24-25(31)29(26(27-24)15-5-2-6-16-26)18-23(30)28-17-7-9-20-8-3-4-10-22(20)28/h3-4,8,10-14H,2,5-7,9,15-18H2,1H3. The molecule has 1 spiro atoms. The lowest BCUT2D eigenvalue weighted by atomic mass is 9.88. The van der Waals surface area contributed by atoms with Crippen LogP contribution in [-0.4, -0.2) is 41.2 Å². The quantitative estimate of drug-likeness (QED) is 0.752. The molecule has 5 nitrogen and oxygen atoms in total. The van der Waals surface area contributed by atoms with E-state index < -0.39 is 5.66 Å². The van der Waals surface area contributed by atoms with Crippen molar-refractivity contribution >= 4 is 23.2 Å². The van der Waals surface area contributed by atoms with E-state index >= 15 is 0 Å². The first-order valence-corrected chi connectivity index (χ1v) is 11.4. The Kier molecular flexibility index (Phi) is 5.12. The molecule has 0 bridgehead atoms. The topological polar surface area (TPSA) is 53.0 Å². The van der Waals surface area contributed by atoms with Gasteiger partial charge in [0.05, 0.1) is 0 Å². The van der Waals surface area contributed by atoms with Crippen molar-refractivity contribution in [2.75, 3.05) is 18.0 Å². The van der Waals surface area contributed by atoms with E-state index in [0.717, 1.165) is 61.8 Å². The second-order valence-corrected chi connectivity index (χ2v) is 9.04. The average Bonchev–Trinajstić information content (AvgIpc) is 3.05. The SMILES string of the molecule is Cc1ccc(C2=NC3(CCCCC3)N(CC(=O)N3CCCc4ccccc43)C2=O)cc1. The molecule has 2 heterocycles. The van der Waals surface area contributed by atoms with Crippen LogP contribution in [0, 0.1) is 6.92 Å². The second-order valence-electron chi connectivity index (χ2n) is 9.04. The van der Waals surface area contributed by atoms with Crippen molar-refractivity contribution in [2.45, 2.75) is 57.5 Å². The first-order chi connectivity index (χ1) is 15.1. The van der Waals surface area contributed by atoms with Crippen LogP contribution in [-0.2, 0) is 16.0 Å². The Morgan fingerprint density at radius 1 is 1.00 bits per heavy atom. The highest BCUT2D eigenvalue weighted by Crippen LogP contribution is 2.40. The van der Waals surface area contributed by atoms with Crippen LogP contribution in [0.4, 0.5) is 5.69 Å². The van der Waals surface area contributed by atoms with E-state index in [-0.39, 0.29) is 18.4 Å². The summed E-state index contributed by atoms with van der Waals surface area (Å²) in [6.45, 7) is 2.83. The van der Waals surface area contributed by atoms with Crippen molar-refractivity contribution < 1.29 is 9.59 Å². The van der Waals surface area contributed by atoms with Crippen LogP contribution in [0.3, 0.4) is 0 Å². The highest BCUT2D eigenvalue weighted by molar-refractivity contribution is 6.47. The fourth-order valence-corrected chi connectivity index (χ4v) is 5.26. The van der Waals surface area contributed by atoms with Gasteiger partial charge in [-0.1, -0.05) is 54.4 Å². The molecule has 1 aliphatic carbocycles. The molecule has 0 saturated heterocycles. The van der Waals surface area contributed by atoms with Gasteiger partial charge >= 0.3 is 0 Å². The summed E-state index contributed by atoms with van der Waals surface area (Å²) < 4.78 is 0. The van der Waals surface area contributed by atoms with E-state index in [1.54, 1.807) is 4.90 Å². The van der Waals surface area contributed by atoms with Crippen molar-refractivity contribution in [3.05, 3.63) is 65.2 Å². The summed E-state index contributed by atoms with van der Waals surface area (Å²) in [6, 6.07) is 16.1. The molecule has 0 atom stereocenters. The number of hydrogen-bond acceptors (Lipinski definition) is 3. The van der Waals surface area contributed by atoms with Gasteiger partial charge < -0.3 is 9.80 Å². The molecule has 0 aromatic heterocycles. The van der Waals surface area contributed by atoms with Crippen LogP contribution >= 0.6 is 0 Å². The minimum absolute atomic E-state index is 0.00851. The number of rotatable bonds is 3. The van der Waals surface area contributed by atoms with Crippen LogP contribution in [0.15, 0.2) is 53.5 Å². The molecule has 5 rings (SSSR count). The first-order valence-electron chi connectivity index (χ1n) is 11.4. The number of fused-ring (bicyclic) bond motifs is 1. The van der Waals surface area contributed by atoms with E-state index in [4.69, 9.17) is 4.99 Å². The molecule has 2 aromatic rings.